The minimum Gasteiger partial charge on any atom is -0.496 e. The highest BCUT2D eigenvalue weighted by molar-refractivity contribution is 5.41. The molecule has 0 aliphatic rings. The second kappa shape index (κ2) is 4.88. The lowest BCUT2D eigenvalue weighted by atomic mass is 9.86. The van der Waals surface area contributed by atoms with E-state index in [4.69, 9.17) is 4.74 Å². The normalized spacial score (nSPS) is 13.6. The quantitative estimate of drug-likeness (QED) is 0.849. The van der Waals surface area contributed by atoms with Crippen molar-refractivity contribution in [3.8, 4) is 5.75 Å². The third-order valence-corrected chi connectivity index (χ3v) is 2.85. The number of aliphatic hydroxyl groups excluding tert-OH is 1. The molecule has 16 heavy (non-hydrogen) atoms. The van der Waals surface area contributed by atoms with E-state index in [1.54, 1.807) is 7.11 Å². The van der Waals surface area contributed by atoms with E-state index in [-0.39, 0.29) is 5.41 Å². The number of hydrogen-bond acceptors (Lipinski definition) is 2. The van der Waals surface area contributed by atoms with Crippen molar-refractivity contribution in [2.45, 2.75) is 45.6 Å². The van der Waals surface area contributed by atoms with E-state index in [9.17, 15) is 5.11 Å². The van der Waals surface area contributed by atoms with Gasteiger partial charge in [-0.25, -0.2) is 0 Å². The number of ether oxygens (including phenoxy) is 1. The van der Waals surface area contributed by atoms with E-state index in [1.165, 1.54) is 5.56 Å². The molecule has 0 aromatic heterocycles. The number of benzene rings is 1. The molecule has 0 radical (unpaired) electrons. The van der Waals surface area contributed by atoms with E-state index in [0.29, 0.717) is 6.42 Å². The van der Waals surface area contributed by atoms with Crippen LogP contribution in [0.25, 0.3) is 0 Å². The predicted molar refractivity (Wildman–Crippen MR) is 66.9 cm³/mol. The fourth-order valence-corrected chi connectivity index (χ4v) is 1.67. The number of rotatable bonds is 3. The molecule has 0 spiro atoms. The van der Waals surface area contributed by atoms with Crippen molar-refractivity contribution in [2.24, 2.45) is 0 Å². The van der Waals surface area contributed by atoms with Gasteiger partial charge in [0.05, 0.1) is 13.2 Å². The van der Waals surface area contributed by atoms with Crippen molar-refractivity contribution in [3.05, 3.63) is 29.3 Å². The lowest BCUT2D eigenvalue weighted by molar-refractivity contribution is 0.169. The van der Waals surface area contributed by atoms with Crippen LogP contribution in [0.2, 0.25) is 0 Å². The molecule has 0 saturated heterocycles. The van der Waals surface area contributed by atoms with Crippen LogP contribution < -0.4 is 4.74 Å². The third-order valence-electron chi connectivity index (χ3n) is 2.85. The second-order valence-corrected chi connectivity index (χ2v) is 5.13. The summed E-state index contributed by atoms with van der Waals surface area (Å²) in [6, 6.07) is 6.05. The molecular weight excluding hydrogens is 200 g/mol. The van der Waals surface area contributed by atoms with Gasteiger partial charge in [-0.3, -0.25) is 0 Å². The zero-order valence-corrected chi connectivity index (χ0v) is 10.9. The van der Waals surface area contributed by atoms with Crippen LogP contribution in [0.4, 0.5) is 0 Å². The first kappa shape index (κ1) is 13.0. The van der Waals surface area contributed by atoms with Gasteiger partial charge in [-0.2, -0.15) is 0 Å². The fraction of sp³-hybridized carbons (Fsp3) is 0.571. The highest BCUT2D eigenvalue weighted by atomic mass is 16.5. The van der Waals surface area contributed by atoms with Gasteiger partial charge in [-0.15, -0.1) is 0 Å². The minimum absolute atomic E-state index is 0.100. The Balaban J connectivity index is 3.17. The molecule has 0 saturated carbocycles. The molecule has 0 fully saturated rings. The fourth-order valence-electron chi connectivity index (χ4n) is 1.67. The van der Waals surface area contributed by atoms with E-state index in [0.717, 1.165) is 11.3 Å². The lowest BCUT2D eigenvalue weighted by Gasteiger charge is -2.22. The molecule has 1 rings (SSSR count). The van der Waals surface area contributed by atoms with E-state index < -0.39 is 6.10 Å². The molecule has 0 aliphatic carbocycles. The van der Waals surface area contributed by atoms with Crippen molar-refractivity contribution in [2.75, 3.05) is 7.11 Å². The summed E-state index contributed by atoms with van der Waals surface area (Å²) in [6.45, 7) is 8.45. The van der Waals surface area contributed by atoms with Crippen LogP contribution in [0, 0.1) is 0 Å². The van der Waals surface area contributed by atoms with Gasteiger partial charge in [0.25, 0.3) is 0 Å². The van der Waals surface area contributed by atoms with Gasteiger partial charge in [-0.1, -0.05) is 39.8 Å². The molecule has 90 valence electrons. The van der Waals surface area contributed by atoms with Gasteiger partial charge < -0.3 is 9.84 Å². The first-order valence-electron chi connectivity index (χ1n) is 5.76. The highest BCUT2D eigenvalue weighted by Gasteiger charge is 2.18. The molecular formula is C14H22O2. The summed E-state index contributed by atoms with van der Waals surface area (Å²) in [5.41, 5.74) is 2.19. The molecule has 1 unspecified atom stereocenters. The molecule has 1 atom stereocenters. The van der Waals surface area contributed by atoms with Crippen LogP contribution >= 0.6 is 0 Å². The molecule has 2 nitrogen and oxygen atoms in total. The summed E-state index contributed by atoms with van der Waals surface area (Å²) in [4.78, 5) is 0. The Morgan fingerprint density at radius 3 is 2.38 bits per heavy atom. The van der Waals surface area contributed by atoms with Crippen LogP contribution in [-0.4, -0.2) is 12.2 Å². The Bertz CT molecular complexity index is 350. The van der Waals surface area contributed by atoms with Crippen LogP contribution in [0.15, 0.2) is 18.2 Å². The Kier molecular flexibility index (Phi) is 3.98. The van der Waals surface area contributed by atoms with E-state index in [2.05, 4.69) is 26.8 Å². The smallest absolute Gasteiger partial charge is 0.124 e. The number of hydrogen-bond donors (Lipinski definition) is 1. The Morgan fingerprint density at radius 1 is 1.31 bits per heavy atom. The number of aliphatic hydroxyl groups is 1. The summed E-state index contributed by atoms with van der Waals surface area (Å²) in [5, 5.41) is 9.85. The summed E-state index contributed by atoms with van der Waals surface area (Å²) in [6.07, 6.45) is 0.259. The third kappa shape index (κ3) is 2.76. The first-order chi connectivity index (χ1) is 7.40. The molecule has 1 aromatic carbocycles. The summed E-state index contributed by atoms with van der Waals surface area (Å²) in [7, 11) is 1.65. The van der Waals surface area contributed by atoms with Gasteiger partial charge in [0.2, 0.25) is 0 Å². The van der Waals surface area contributed by atoms with Crippen LogP contribution in [0.3, 0.4) is 0 Å². The van der Waals surface area contributed by atoms with Crippen molar-refractivity contribution in [1.82, 2.24) is 0 Å². The zero-order chi connectivity index (χ0) is 12.3. The van der Waals surface area contributed by atoms with Gasteiger partial charge in [0, 0.05) is 5.56 Å². The summed E-state index contributed by atoms with van der Waals surface area (Å²) >= 11 is 0. The molecule has 0 heterocycles. The van der Waals surface area contributed by atoms with Gasteiger partial charge >= 0.3 is 0 Å². The first-order valence-corrected chi connectivity index (χ1v) is 5.76. The predicted octanol–water partition coefficient (Wildman–Crippen LogP) is 3.44. The average molecular weight is 222 g/mol. The van der Waals surface area contributed by atoms with Crippen molar-refractivity contribution >= 4 is 0 Å². The largest absolute Gasteiger partial charge is 0.496 e. The van der Waals surface area contributed by atoms with Crippen molar-refractivity contribution < 1.29 is 9.84 Å². The standard InChI is InChI=1S/C14H22O2/c1-6-12(15)11-8-7-10(14(2,3)4)9-13(11)16-5/h7-9,12,15H,6H2,1-5H3. The van der Waals surface area contributed by atoms with Gasteiger partial charge in [0.1, 0.15) is 5.75 Å². The maximum Gasteiger partial charge on any atom is 0.124 e. The molecule has 1 aromatic rings. The molecule has 0 bridgehead atoms. The Hall–Kier alpha value is -1.02. The van der Waals surface area contributed by atoms with Crippen LogP contribution in [0.1, 0.15) is 51.3 Å². The lowest BCUT2D eigenvalue weighted by Crippen LogP contribution is -2.12. The molecule has 2 heteroatoms. The van der Waals surface area contributed by atoms with Gasteiger partial charge in [0.15, 0.2) is 0 Å². The topological polar surface area (TPSA) is 29.5 Å². The molecule has 0 amide bonds. The Morgan fingerprint density at radius 2 is 1.94 bits per heavy atom. The van der Waals surface area contributed by atoms with E-state index >= 15 is 0 Å². The van der Waals surface area contributed by atoms with Crippen LogP contribution in [-0.2, 0) is 5.41 Å². The SMILES string of the molecule is CCC(O)c1ccc(C(C)(C)C)cc1OC. The van der Waals surface area contributed by atoms with Crippen molar-refractivity contribution in [3.63, 3.8) is 0 Å². The molecule has 0 aliphatic heterocycles. The number of methoxy groups -OCH3 is 1. The van der Waals surface area contributed by atoms with Crippen molar-refractivity contribution in [1.29, 1.82) is 0 Å². The van der Waals surface area contributed by atoms with Gasteiger partial charge in [-0.05, 0) is 23.5 Å². The summed E-state index contributed by atoms with van der Waals surface area (Å²) < 4.78 is 5.34. The molecule has 1 N–H and O–H groups in total. The van der Waals surface area contributed by atoms with Crippen LogP contribution in [0.5, 0.6) is 5.75 Å². The Labute approximate surface area is 98.3 Å². The second-order valence-electron chi connectivity index (χ2n) is 5.13. The maximum atomic E-state index is 9.85. The maximum absolute atomic E-state index is 9.85. The monoisotopic (exact) mass is 222 g/mol. The summed E-state index contributed by atoms with van der Waals surface area (Å²) in [5.74, 6) is 0.779. The zero-order valence-electron chi connectivity index (χ0n) is 10.9. The average Bonchev–Trinajstić information content (AvgIpc) is 2.26. The minimum atomic E-state index is -0.441. The van der Waals surface area contributed by atoms with E-state index in [1.807, 2.05) is 19.1 Å². The highest BCUT2D eigenvalue weighted by Crippen LogP contribution is 2.32.